The molecular formula is C33H42N8O4. The lowest BCUT2D eigenvalue weighted by Crippen LogP contribution is -2.52. The molecule has 5 heterocycles. The van der Waals surface area contributed by atoms with Crippen LogP contribution in [0.15, 0.2) is 41.2 Å². The highest BCUT2D eigenvalue weighted by Crippen LogP contribution is 2.27. The van der Waals surface area contributed by atoms with Crippen LogP contribution in [0.5, 0.6) is 0 Å². The van der Waals surface area contributed by atoms with Crippen LogP contribution < -0.4 is 5.69 Å². The number of benzene rings is 2. The van der Waals surface area contributed by atoms with Gasteiger partial charge in [0.15, 0.2) is 6.10 Å². The van der Waals surface area contributed by atoms with Crippen molar-refractivity contribution in [2.24, 2.45) is 0 Å². The molecule has 4 aromatic rings. The summed E-state index contributed by atoms with van der Waals surface area (Å²) in [7, 11) is 0. The van der Waals surface area contributed by atoms with Gasteiger partial charge >= 0.3 is 11.8 Å². The number of imidazole rings is 1. The number of hydrogen-bond donors (Lipinski definition) is 2. The lowest BCUT2D eigenvalue weighted by Gasteiger charge is -2.41. The van der Waals surface area contributed by atoms with E-state index in [1.165, 1.54) is 19.3 Å². The van der Waals surface area contributed by atoms with E-state index in [4.69, 9.17) is 4.74 Å². The lowest BCUT2D eigenvalue weighted by molar-refractivity contribution is -0.142. The fourth-order valence-electron chi connectivity index (χ4n) is 7.58. The van der Waals surface area contributed by atoms with E-state index >= 15 is 0 Å². The van der Waals surface area contributed by atoms with Crippen LogP contribution in [0.25, 0.3) is 22.1 Å². The van der Waals surface area contributed by atoms with Crippen molar-refractivity contribution in [3.63, 3.8) is 0 Å². The summed E-state index contributed by atoms with van der Waals surface area (Å²) in [6.45, 7) is 6.50. The highest BCUT2D eigenvalue weighted by Gasteiger charge is 2.35. The van der Waals surface area contributed by atoms with E-state index in [0.717, 1.165) is 59.1 Å². The van der Waals surface area contributed by atoms with E-state index in [0.29, 0.717) is 45.1 Å². The Morgan fingerprint density at radius 2 is 1.64 bits per heavy atom. The van der Waals surface area contributed by atoms with Crippen molar-refractivity contribution in [3.8, 4) is 0 Å². The van der Waals surface area contributed by atoms with Gasteiger partial charge in [-0.2, -0.15) is 0 Å². The van der Waals surface area contributed by atoms with E-state index in [9.17, 15) is 14.4 Å². The minimum atomic E-state index is -0.943. The second kappa shape index (κ2) is 12.7. The summed E-state index contributed by atoms with van der Waals surface area (Å²) >= 11 is 0. The predicted molar refractivity (Wildman–Crippen MR) is 170 cm³/mol. The number of ether oxygens (including phenoxy) is 1. The summed E-state index contributed by atoms with van der Waals surface area (Å²) in [6, 6.07) is 12.1. The van der Waals surface area contributed by atoms with Crippen LogP contribution in [-0.4, -0.2) is 103 Å². The van der Waals surface area contributed by atoms with Crippen LogP contribution in [-0.2, 0) is 16.0 Å². The molecule has 1 atom stereocenters. The molecule has 2 amide bonds. The Morgan fingerprint density at radius 3 is 2.42 bits per heavy atom. The van der Waals surface area contributed by atoms with Crippen molar-refractivity contribution >= 4 is 34.1 Å². The van der Waals surface area contributed by atoms with Gasteiger partial charge in [0.25, 0.3) is 5.91 Å². The Bertz CT molecular complexity index is 1720. The predicted octanol–water partition coefficient (Wildman–Crippen LogP) is 3.77. The standard InChI is InChI=1S/C33H42N8O4/c1-22-19-23(20-27-30(22)36-37-35-27)21-29(31(42)39-15-9-24(10-16-39)38-13-5-2-6-14-38)45-33(44)40-17-11-25(12-18-40)41-28-8-4-3-7-26(28)34-32(41)43/h3-4,7-8,19-20,24-25,29H,2,5-6,9-18,21H2,1H3,(H,34,43)(H,35,36,37). The molecule has 2 aromatic carbocycles. The average molecular weight is 615 g/mol. The number of H-pyrrole nitrogens is 2. The van der Waals surface area contributed by atoms with E-state index in [-0.39, 0.29) is 24.1 Å². The maximum atomic E-state index is 14.0. The molecule has 3 aliphatic heterocycles. The summed E-state index contributed by atoms with van der Waals surface area (Å²) in [5.74, 6) is -0.140. The van der Waals surface area contributed by atoms with E-state index in [1.807, 2.05) is 48.2 Å². The van der Waals surface area contributed by atoms with Crippen LogP contribution in [0.3, 0.4) is 0 Å². The number of carbonyl (C=O) groups is 2. The highest BCUT2D eigenvalue weighted by atomic mass is 16.6. The monoisotopic (exact) mass is 614 g/mol. The van der Waals surface area contributed by atoms with Crippen molar-refractivity contribution in [3.05, 3.63) is 58.0 Å². The molecule has 3 aliphatic rings. The van der Waals surface area contributed by atoms with Crippen molar-refractivity contribution in [2.45, 2.75) is 76.5 Å². The van der Waals surface area contributed by atoms with Gasteiger partial charge in [-0.15, -0.1) is 5.10 Å². The first kappa shape index (κ1) is 29.5. The third kappa shape index (κ3) is 6.07. The van der Waals surface area contributed by atoms with Gasteiger partial charge in [-0.25, -0.2) is 9.59 Å². The van der Waals surface area contributed by atoms with Gasteiger partial charge in [0.1, 0.15) is 5.52 Å². The van der Waals surface area contributed by atoms with Crippen LogP contribution in [0, 0.1) is 6.92 Å². The van der Waals surface area contributed by atoms with Crippen LogP contribution in [0.4, 0.5) is 4.79 Å². The van der Waals surface area contributed by atoms with Crippen molar-refractivity contribution in [1.29, 1.82) is 0 Å². The van der Waals surface area contributed by atoms with Crippen LogP contribution in [0.2, 0.25) is 0 Å². The number of nitrogens with one attached hydrogen (secondary N) is 2. The van der Waals surface area contributed by atoms with Crippen LogP contribution >= 0.6 is 0 Å². The Hall–Kier alpha value is -4.19. The van der Waals surface area contributed by atoms with E-state index in [1.54, 1.807) is 9.47 Å². The molecule has 7 rings (SSSR count). The molecule has 12 nitrogen and oxygen atoms in total. The fraction of sp³-hybridized carbons (Fsp3) is 0.545. The normalized spacial score (nSPS) is 19.8. The summed E-state index contributed by atoms with van der Waals surface area (Å²) < 4.78 is 7.88. The van der Waals surface area contributed by atoms with Gasteiger partial charge in [-0.05, 0) is 87.9 Å². The zero-order valence-corrected chi connectivity index (χ0v) is 25.9. The number of fused-ring (bicyclic) bond motifs is 2. The topological polar surface area (TPSA) is 132 Å². The molecule has 1 unspecified atom stereocenters. The molecule has 0 aliphatic carbocycles. The van der Waals surface area contributed by atoms with Gasteiger partial charge in [0, 0.05) is 44.7 Å². The molecule has 0 bridgehead atoms. The number of likely N-dealkylation sites (tertiary alicyclic amines) is 3. The SMILES string of the molecule is Cc1cc(CC(OC(=O)N2CCC(n3c(=O)[nH]c4ccccc43)CC2)C(=O)N2CCC(N3CCCCC3)CC2)cc2nn[nH]c12. The number of amides is 2. The van der Waals surface area contributed by atoms with E-state index in [2.05, 4.69) is 25.3 Å². The van der Waals surface area contributed by atoms with E-state index < -0.39 is 12.2 Å². The van der Waals surface area contributed by atoms with Gasteiger partial charge in [-0.1, -0.05) is 29.8 Å². The third-order valence-corrected chi connectivity index (χ3v) is 10.0. The summed E-state index contributed by atoms with van der Waals surface area (Å²) in [4.78, 5) is 49.4. The first-order chi connectivity index (χ1) is 21.9. The maximum Gasteiger partial charge on any atom is 0.410 e. The Morgan fingerprint density at radius 1 is 0.933 bits per heavy atom. The molecule has 0 radical (unpaired) electrons. The van der Waals surface area contributed by atoms with Gasteiger partial charge < -0.3 is 24.4 Å². The first-order valence-electron chi connectivity index (χ1n) is 16.4. The quantitative estimate of drug-likeness (QED) is 0.338. The summed E-state index contributed by atoms with van der Waals surface area (Å²) in [5.41, 5.74) is 4.98. The van der Waals surface area contributed by atoms with Crippen molar-refractivity contribution in [2.75, 3.05) is 39.3 Å². The summed E-state index contributed by atoms with van der Waals surface area (Å²) in [5, 5.41) is 11.0. The fourth-order valence-corrected chi connectivity index (χ4v) is 7.58. The number of hydrogen-bond acceptors (Lipinski definition) is 7. The third-order valence-electron chi connectivity index (χ3n) is 10.0. The number of rotatable bonds is 6. The minimum Gasteiger partial charge on any atom is -0.436 e. The molecule has 0 spiro atoms. The minimum absolute atomic E-state index is 0.0199. The second-order valence-corrected chi connectivity index (χ2v) is 12.9. The molecule has 12 heteroatoms. The molecule has 0 saturated carbocycles. The molecular weight excluding hydrogens is 572 g/mol. The molecule has 238 valence electrons. The Labute approximate surface area is 261 Å². The van der Waals surface area contributed by atoms with Gasteiger partial charge in [0.05, 0.1) is 16.6 Å². The van der Waals surface area contributed by atoms with Gasteiger partial charge in [-0.3, -0.25) is 14.5 Å². The number of para-hydroxylation sites is 2. The number of piperidine rings is 3. The number of carbonyl (C=O) groups excluding carboxylic acids is 2. The first-order valence-corrected chi connectivity index (χ1v) is 16.4. The van der Waals surface area contributed by atoms with Crippen molar-refractivity contribution in [1.82, 2.24) is 39.7 Å². The summed E-state index contributed by atoms with van der Waals surface area (Å²) in [6.07, 6.45) is 5.78. The molecule has 3 fully saturated rings. The van der Waals surface area contributed by atoms with Crippen molar-refractivity contribution < 1.29 is 14.3 Å². The van der Waals surface area contributed by atoms with Crippen LogP contribution in [0.1, 0.15) is 62.1 Å². The average Bonchev–Trinajstić information content (AvgIpc) is 3.68. The molecule has 2 aromatic heterocycles. The number of aromatic amines is 2. The van der Waals surface area contributed by atoms with Gasteiger partial charge in [0.2, 0.25) is 0 Å². The zero-order valence-electron chi connectivity index (χ0n) is 25.9. The highest BCUT2D eigenvalue weighted by molar-refractivity contribution is 5.85. The Balaban J connectivity index is 1.04. The Kier molecular flexibility index (Phi) is 8.31. The smallest absolute Gasteiger partial charge is 0.410 e. The zero-order chi connectivity index (χ0) is 30.9. The maximum absolute atomic E-state index is 14.0. The number of aromatic nitrogens is 5. The number of aryl methyl sites for hydroxylation is 1. The number of nitrogens with zero attached hydrogens (tertiary/aromatic N) is 6. The second-order valence-electron chi connectivity index (χ2n) is 12.9. The molecule has 2 N–H and O–H groups in total. The molecule has 3 saturated heterocycles. The lowest BCUT2D eigenvalue weighted by atomic mass is 9.98. The molecule has 45 heavy (non-hydrogen) atoms. The largest absolute Gasteiger partial charge is 0.436 e.